The van der Waals surface area contributed by atoms with Gasteiger partial charge in [-0.05, 0) is 75.9 Å². The fourth-order valence-electron chi connectivity index (χ4n) is 3.81. The number of halogens is 1. The van der Waals surface area contributed by atoms with Crippen LogP contribution in [0.2, 0.25) is 0 Å². The van der Waals surface area contributed by atoms with Crippen LogP contribution in [-0.2, 0) is 26.2 Å². The Morgan fingerprint density at radius 1 is 1.06 bits per heavy atom. The Bertz CT molecular complexity index is 1150. The second-order valence-corrected chi connectivity index (χ2v) is 12.0. The molecule has 0 aliphatic carbocycles. The molecule has 192 valence electrons. The first kappa shape index (κ1) is 28.8. The van der Waals surface area contributed by atoms with Gasteiger partial charge in [0.2, 0.25) is 21.8 Å². The van der Waals surface area contributed by atoms with Crippen molar-refractivity contribution in [2.75, 3.05) is 17.1 Å². The molecule has 0 aliphatic rings. The predicted molar refractivity (Wildman–Crippen MR) is 145 cm³/mol. The average Bonchev–Trinajstić information content (AvgIpc) is 2.75. The lowest BCUT2D eigenvalue weighted by atomic mass is 10.1. The Kier molecular flexibility index (Phi) is 10.3. The van der Waals surface area contributed by atoms with E-state index in [1.54, 1.807) is 17.9 Å². The zero-order chi connectivity index (χ0) is 26.3. The highest BCUT2D eigenvalue weighted by atomic mass is 79.9. The molecule has 0 radical (unpaired) electrons. The van der Waals surface area contributed by atoms with E-state index in [-0.39, 0.29) is 37.4 Å². The van der Waals surface area contributed by atoms with Crippen molar-refractivity contribution in [3.63, 3.8) is 0 Å². The zero-order valence-electron chi connectivity index (χ0n) is 21.3. The summed E-state index contributed by atoms with van der Waals surface area (Å²) in [7, 11) is -3.53. The molecule has 7 nitrogen and oxygen atoms in total. The highest BCUT2D eigenvalue weighted by Crippen LogP contribution is 2.25. The summed E-state index contributed by atoms with van der Waals surface area (Å²) >= 11 is 3.45. The summed E-state index contributed by atoms with van der Waals surface area (Å²) in [5.41, 5.74) is 3.40. The molecule has 9 heteroatoms. The number of aryl methyl sites for hydroxylation is 1. The molecule has 0 heterocycles. The molecule has 0 saturated heterocycles. The Hall–Kier alpha value is -2.39. The fraction of sp³-hybridized carbons (Fsp3) is 0.462. The van der Waals surface area contributed by atoms with Gasteiger partial charge in [-0.25, -0.2) is 8.42 Å². The van der Waals surface area contributed by atoms with Crippen LogP contribution >= 0.6 is 15.9 Å². The van der Waals surface area contributed by atoms with E-state index in [1.807, 2.05) is 64.1 Å². The number of rotatable bonds is 11. The van der Waals surface area contributed by atoms with Crippen molar-refractivity contribution < 1.29 is 18.0 Å². The number of benzene rings is 2. The normalized spacial score (nSPS) is 12.3. The maximum absolute atomic E-state index is 13.3. The van der Waals surface area contributed by atoms with E-state index < -0.39 is 16.1 Å². The number of amides is 2. The van der Waals surface area contributed by atoms with Gasteiger partial charge in [0, 0.05) is 30.0 Å². The molecule has 35 heavy (non-hydrogen) atoms. The molecule has 0 aliphatic heterocycles. The van der Waals surface area contributed by atoms with Gasteiger partial charge in [0.25, 0.3) is 0 Å². The Balaban J connectivity index is 2.21. The third kappa shape index (κ3) is 8.35. The highest BCUT2D eigenvalue weighted by Gasteiger charge is 2.27. The standard InChI is InChI=1S/C26H36BrN3O4S/c1-18(2)28-26(32)21(5)29(17-22-11-8-12-23(27)16-22)25(31)14-9-15-30(35(6,33)34)24-13-7-10-19(3)20(24)4/h7-8,10-13,16,18,21H,9,14-15,17H2,1-6H3,(H,28,32)/t21-/m0/s1. The van der Waals surface area contributed by atoms with E-state index in [1.165, 1.54) is 10.6 Å². The molecule has 0 aromatic heterocycles. The van der Waals surface area contributed by atoms with Gasteiger partial charge in [-0.15, -0.1) is 0 Å². The second kappa shape index (κ2) is 12.5. The topological polar surface area (TPSA) is 86.8 Å². The maximum Gasteiger partial charge on any atom is 0.242 e. The summed E-state index contributed by atoms with van der Waals surface area (Å²) in [6.45, 7) is 9.74. The molecule has 0 spiro atoms. The van der Waals surface area contributed by atoms with Gasteiger partial charge in [0.1, 0.15) is 6.04 Å². The monoisotopic (exact) mass is 565 g/mol. The van der Waals surface area contributed by atoms with Crippen LogP contribution in [0.5, 0.6) is 0 Å². The predicted octanol–water partition coefficient (Wildman–Crippen LogP) is 4.55. The second-order valence-electron chi connectivity index (χ2n) is 9.15. The summed E-state index contributed by atoms with van der Waals surface area (Å²) in [4.78, 5) is 27.6. The highest BCUT2D eigenvalue weighted by molar-refractivity contribution is 9.10. The molecular weight excluding hydrogens is 530 g/mol. The van der Waals surface area contributed by atoms with Crippen molar-refractivity contribution >= 4 is 43.5 Å². The van der Waals surface area contributed by atoms with Gasteiger partial charge in [-0.1, -0.05) is 40.2 Å². The fourth-order valence-corrected chi connectivity index (χ4v) is 5.27. The van der Waals surface area contributed by atoms with Gasteiger partial charge in [-0.2, -0.15) is 0 Å². The van der Waals surface area contributed by atoms with Crippen molar-refractivity contribution in [1.29, 1.82) is 0 Å². The molecule has 0 fully saturated rings. The van der Waals surface area contributed by atoms with Crippen LogP contribution in [0.4, 0.5) is 5.69 Å². The number of nitrogens with zero attached hydrogens (tertiary/aromatic N) is 2. The number of nitrogens with one attached hydrogen (secondary N) is 1. The number of hydrogen-bond acceptors (Lipinski definition) is 4. The van der Waals surface area contributed by atoms with Gasteiger partial charge in [0.15, 0.2) is 0 Å². The van der Waals surface area contributed by atoms with Crippen LogP contribution in [0.1, 0.15) is 50.3 Å². The zero-order valence-corrected chi connectivity index (χ0v) is 23.7. The minimum Gasteiger partial charge on any atom is -0.352 e. The molecule has 2 rings (SSSR count). The summed E-state index contributed by atoms with van der Waals surface area (Å²) in [5.74, 6) is -0.428. The number of carbonyl (C=O) groups excluding carboxylic acids is 2. The third-order valence-corrected chi connectivity index (χ3v) is 7.51. The van der Waals surface area contributed by atoms with Crippen molar-refractivity contribution in [3.05, 3.63) is 63.6 Å². The van der Waals surface area contributed by atoms with Crippen molar-refractivity contribution in [2.24, 2.45) is 0 Å². The van der Waals surface area contributed by atoms with Gasteiger partial charge in [0.05, 0.1) is 11.9 Å². The van der Waals surface area contributed by atoms with E-state index in [9.17, 15) is 18.0 Å². The molecule has 2 amide bonds. The number of carbonyl (C=O) groups is 2. The lowest BCUT2D eigenvalue weighted by Gasteiger charge is -2.30. The van der Waals surface area contributed by atoms with E-state index in [4.69, 9.17) is 0 Å². The first-order valence-electron chi connectivity index (χ1n) is 11.7. The number of anilines is 1. The summed E-state index contributed by atoms with van der Waals surface area (Å²) in [5, 5.41) is 2.87. The average molecular weight is 567 g/mol. The minimum absolute atomic E-state index is 0.0475. The summed E-state index contributed by atoms with van der Waals surface area (Å²) in [6.07, 6.45) is 1.62. The van der Waals surface area contributed by atoms with Crippen molar-refractivity contribution in [1.82, 2.24) is 10.2 Å². The minimum atomic E-state index is -3.53. The molecule has 0 saturated carbocycles. The molecule has 2 aromatic rings. The van der Waals surface area contributed by atoms with E-state index >= 15 is 0 Å². The van der Waals surface area contributed by atoms with Crippen LogP contribution < -0.4 is 9.62 Å². The van der Waals surface area contributed by atoms with E-state index in [0.29, 0.717) is 12.1 Å². The van der Waals surface area contributed by atoms with Crippen molar-refractivity contribution in [2.45, 2.75) is 66.1 Å². The van der Waals surface area contributed by atoms with E-state index in [2.05, 4.69) is 21.2 Å². The molecule has 2 aromatic carbocycles. The first-order chi connectivity index (χ1) is 16.3. The first-order valence-corrected chi connectivity index (χ1v) is 14.3. The van der Waals surface area contributed by atoms with Crippen LogP contribution in [-0.4, -0.2) is 50.0 Å². The molecule has 0 unspecified atom stereocenters. The molecule has 1 atom stereocenters. The number of hydrogen-bond donors (Lipinski definition) is 1. The summed E-state index contributed by atoms with van der Waals surface area (Å²) in [6, 6.07) is 12.4. The van der Waals surface area contributed by atoms with Gasteiger partial charge in [-0.3, -0.25) is 13.9 Å². The largest absolute Gasteiger partial charge is 0.352 e. The Morgan fingerprint density at radius 2 is 1.71 bits per heavy atom. The lowest BCUT2D eigenvalue weighted by molar-refractivity contribution is -0.140. The molecule has 1 N–H and O–H groups in total. The van der Waals surface area contributed by atoms with Crippen molar-refractivity contribution in [3.8, 4) is 0 Å². The Morgan fingerprint density at radius 3 is 2.31 bits per heavy atom. The lowest BCUT2D eigenvalue weighted by Crippen LogP contribution is -2.49. The smallest absolute Gasteiger partial charge is 0.242 e. The van der Waals surface area contributed by atoms with Crippen LogP contribution in [0.3, 0.4) is 0 Å². The maximum atomic E-state index is 13.3. The summed E-state index contributed by atoms with van der Waals surface area (Å²) < 4.78 is 27.3. The molecule has 0 bridgehead atoms. The molecular formula is C26H36BrN3O4S. The van der Waals surface area contributed by atoms with Crippen LogP contribution in [0, 0.1) is 13.8 Å². The van der Waals surface area contributed by atoms with E-state index in [0.717, 1.165) is 21.2 Å². The quantitative estimate of drug-likeness (QED) is 0.433. The van der Waals surface area contributed by atoms with Crippen LogP contribution in [0.15, 0.2) is 46.9 Å². The Labute approximate surface area is 218 Å². The third-order valence-electron chi connectivity index (χ3n) is 5.84. The van der Waals surface area contributed by atoms with Gasteiger partial charge >= 0.3 is 0 Å². The number of sulfonamides is 1. The van der Waals surface area contributed by atoms with Gasteiger partial charge < -0.3 is 10.2 Å². The SMILES string of the molecule is Cc1cccc(N(CCCC(=O)N(Cc2cccc(Br)c2)[C@@H](C)C(=O)NC(C)C)S(C)(=O)=O)c1C. The van der Waals surface area contributed by atoms with Crippen LogP contribution in [0.25, 0.3) is 0 Å².